The highest BCUT2D eigenvalue weighted by atomic mass is 16.2. The number of carbonyl (C=O) groups excluding carboxylic acids is 1. The summed E-state index contributed by atoms with van der Waals surface area (Å²) in [5, 5.41) is 3.40. The minimum atomic E-state index is 0.351. The van der Waals surface area contributed by atoms with Crippen molar-refractivity contribution in [1.29, 1.82) is 0 Å². The summed E-state index contributed by atoms with van der Waals surface area (Å²) in [5.41, 5.74) is 0. The van der Waals surface area contributed by atoms with Crippen LogP contribution in [0.2, 0.25) is 0 Å². The van der Waals surface area contributed by atoms with Gasteiger partial charge in [0, 0.05) is 19.0 Å². The molecule has 3 heteroatoms. The molecule has 110 valence electrons. The quantitative estimate of drug-likeness (QED) is 0.830. The first-order chi connectivity index (χ1) is 9.16. The highest BCUT2D eigenvalue weighted by Gasteiger charge is 2.26. The fraction of sp³-hybridized carbons (Fsp3) is 0.938. The van der Waals surface area contributed by atoms with Crippen molar-refractivity contribution >= 4 is 5.91 Å². The number of piperidine rings is 1. The van der Waals surface area contributed by atoms with Crippen molar-refractivity contribution < 1.29 is 4.79 Å². The molecular weight excluding hydrogens is 236 g/mol. The second-order valence-corrected chi connectivity index (χ2v) is 6.69. The first-order valence-corrected chi connectivity index (χ1v) is 8.17. The predicted octanol–water partition coefficient (Wildman–Crippen LogP) is 2.80. The van der Waals surface area contributed by atoms with Crippen LogP contribution in [0.4, 0.5) is 0 Å². The van der Waals surface area contributed by atoms with E-state index in [0.717, 1.165) is 26.1 Å². The maximum Gasteiger partial charge on any atom is 0.223 e. The van der Waals surface area contributed by atoms with Crippen molar-refractivity contribution in [3.8, 4) is 0 Å². The van der Waals surface area contributed by atoms with Gasteiger partial charge in [-0.15, -0.1) is 0 Å². The summed E-state index contributed by atoms with van der Waals surface area (Å²) in [6.07, 6.45) is 8.43. The summed E-state index contributed by atoms with van der Waals surface area (Å²) in [4.78, 5) is 14.7. The van der Waals surface area contributed by atoms with Crippen LogP contribution in [-0.2, 0) is 4.79 Å². The molecule has 0 aromatic rings. The topological polar surface area (TPSA) is 32.3 Å². The van der Waals surface area contributed by atoms with Crippen LogP contribution < -0.4 is 5.32 Å². The van der Waals surface area contributed by atoms with Gasteiger partial charge in [0.1, 0.15) is 0 Å². The Hall–Kier alpha value is -0.570. The van der Waals surface area contributed by atoms with E-state index in [-0.39, 0.29) is 0 Å². The molecule has 2 rings (SSSR count). The van der Waals surface area contributed by atoms with E-state index < -0.39 is 0 Å². The van der Waals surface area contributed by atoms with Gasteiger partial charge in [-0.3, -0.25) is 4.79 Å². The molecule has 0 unspecified atom stereocenters. The Kier molecular flexibility index (Phi) is 5.68. The first-order valence-electron chi connectivity index (χ1n) is 8.17. The van der Waals surface area contributed by atoms with Gasteiger partial charge in [-0.25, -0.2) is 0 Å². The molecule has 2 aliphatic rings. The Morgan fingerprint density at radius 3 is 2.32 bits per heavy atom. The second kappa shape index (κ2) is 7.28. The molecule has 19 heavy (non-hydrogen) atoms. The third-order valence-corrected chi connectivity index (χ3v) is 4.80. The zero-order valence-electron chi connectivity index (χ0n) is 12.7. The van der Waals surface area contributed by atoms with E-state index in [9.17, 15) is 4.79 Å². The number of hydrogen-bond acceptors (Lipinski definition) is 2. The Labute approximate surface area is 118 Å². The number of rotatable bonds is 5. The van der Waals surface area contributed by atoms with E-state index in [4.69, 9.17) is 0 Å². The van der Waals surface area contributed by atoms with Gasteiger partial charge in [-0.05, 0) is 64.5 Å². The molecule has 0 spiro atoms. The smallest absolute Gasteiger partial charge is 0.223 e. The highest BCUT2D eigenvalue weighted by Crippen LogP contribution is 2.28. The van der Waals surface area contributed by atoms with Gasteiger partial charge in [0.15, 0.2) is 0 Å². The van der Waals surface area contributed by atoms with E-state index in [0.29, 0.717) is 23.8 Å². The molecule has 1 saturated carbocycles. The molecular formula is C16H30N2O. The molecule has 0 aromatic heterocycles. The molecule has 0 aromatic carbocycles. The maximum atomic E-state index is 12.5. The van der Waals surface area contributed by atoms with E-state index in [1.165, 1.54) is 38.5 Å². The van der Waals surface area contributed by atoms with Crippen LogP contribution in [0.25, 0.3) is 0 Å². The summed E-state index contributed by atoms with van der Waals surface area (Å²) in [6, 6.07) is 0.351. The fourth-order valence-electron chi connectivity index (χ4n) is 3.52. The average Bonchev–Trinajstić information content (AvgIpc) is 2.89. The lowest BCUT2D eigenvalue weighted by Gasteiger charge is -2.33. The molecule has 1 aliphatic heterocycles. The molecule has 0 bridgehead atoms. The van der Waals surface area contributed by atoms with Crippen LogP contribution in [-0.4, -0.2) is 36.5 Å². The van der Waals surface area contributed by atoms with E-state index in [1.807, 2.05) is 0 Å². The molecule has 1 saturated heterocycles. The van der Waals surface area contributed by atoms with E-state index in [1.54, 1.807) is 0 Å². The zero-order valence-corrected chi connectivity index (χ0v) is 12.7. The lowest BCUT2D eigenvalue weighted by Crippen LogP contribution is -2.43. The third-order valence-electron chi connectivity index (χ3n) is 4.80. The monoisotopic (exact) mass is 266 g/mol. The highest BCUT2D eigenvalue weighted by molar-refractivity contribution is 5.76. The van der Waals surface area contributed by atoms with E-state index in [2.05, 4.69) is 24.1 Å². The van der Waals surface area contributed by atoms with Gasteiger partial charge in [-0.2, -0.15) is 0 Å². The number of amides is 1. The number of carbonyl (C=O) groups is 1. The molecule has 1 aliphatic carbocycles. The minimum Gasteiger partial charge on any atom is -0.340 e. The molecule has 1 N–H and O–H groups in total. The Morgan fingerprint density at radius 2 is 1.74 bits per heavy atom. The van der Waals surface area contributed by atoms with Crippen molar-refractivity contribution in [3.63, 3.8) is 0 Å². The van der Waals surface area contributed by atoms with Crippen LogP contribution in [0.1, 0.15) is 58.8 Å². The van der Waals surface area contributed by atoms with Gasteiger partial charge in [0.05, 0.1) is 0 Å². The molecule has 3 nitrogen and oxygen atoms in total. The van der Waals surface area contributed by atoms with Crippen molar-refractivity contribution in [2.24, 2.45) is 11.8 Å². The minimum absolute atomic E-state index is 0.351. The molecule has 1 amide bonds. The molecule has 0 radical (unpaired) electrons. The number of nitrogens with zero attached hydrogens (tertiary/aromatic N) is 1. The second-order valence-electron chi connectivity index (χ2n) is 6.69. The van der Waals surface area contributed by atoms with Crippen LogP contribution in [0.3, 0.4) is 0 Å². The van der Waals surface area contributed by atoms with Crippen LogP contribution in [0.15, 0.2) is 0 Å². The zero-order chi connectivity index (χ0) is 13.7. The van der Waals surface area contributed by atoms with E-state index >= 15 is 0 Å². The van der Waals surface area contributed by atoms with Crippen LogP contribution >= 0.6 is 0 Å². The number of nitrogens with one attached hydrogen (secondary N) is 1. The SMILES string of the molecule is CC(C)N(CC1CCNCC1)C(=O)CC1CCCC1. The lowest BCUT2D eigenvalue weighted by molar-refractivity contribution is -0.134. The molecule has 2 fully saturated rings. The predicted molar refractivity (Wildman–Crippen MR) is 79.0 cm³/mol. The Morgan fingerprint density at radius 1 is 1.11 bits per heavy atom. The Balaban J connectivity index is 1.84. The van der Waals surface area contributed by atoms with Crippen molar-refractivity contribution in [3.05, 3.63) is 0 Å². The summed E-state index contributed by atoms with van der Waals surface area (Å²) in [6.45, 7) is 7.53. The average molecular weight is 266 g/mol. The van der Waals surface area contributed by atoms with Crippen molar-refractivity contribution in [1.82, 2.24) is 10.2 Å². The molecule has 0 atom stereocenters. The van der Waals surface area contributed by atoms with Crippen LogP contribution in [0.5, 0.6) is 0 Å². The van der Waals surface area contributed by atoms with Gasteiger partial charge in [0.2, 0.25) is 5.91 Å². The van der Waals surface area contributed by atoms with Gasteiger partial charge in [-0.1, -0.05) is 12.8 Å². The maximum absolute atomic E-state index is 12.5. The first kappa shape index (κ1) is 14.8. The van der Waals surface area contributed by atoms with Gasteiger partial charge in [0.25, 0.3) is 0 Å². The van der Waals surface area contributed by atoms with Gasteiger partial charge >= 0.3 is 0 Å². The largest absolute Gasteiger partial charge is 0.340 e. The lowest BCUT2D eigenvalue weighted by atomic mass is 9.96. The third kappa shape index (κ3) is 4.48. The van der Waals surface area contributed by atoms with Crippen molar-refractivity contribution in [2.75, 3.05) is 19.6 Å². The number of hydrogen-bond donors (Lipinski definition) is 1. The molecule has 1 heterocycles. The standard InChI is InChI=1S/C16H30N2O/c1-13(2)18(12-15-7-9-17-10-8-15)16(19)11-14-5-3-4-6-14/h13-15,17H,3-12H2,1-2H3. The summed E-state index contributed by atoms with van der Waals surface area (Å²) in [7, 11) is 0. The fourth-order valence-corrected chi connectivity index (χ4v) is 3.52. The van der Waals surface area contributed by atoms with Crippen LogP contribution in [0, 0.1) is 11.8 Å². The summed E-state index contributed by atoms with van der Waals surface area (Å²) >= 11 is 0. The Bertz CT molecular complexity index is 278. The normalized spacial score (nSPS) is 22.1. The van der Waals surface area contributed by atoms with Crippen molar-refractivity contribution in [2.45, 2.75) is 64.8 Å². The summed E-state index contributed by atoms with van der Waals surface area (Å²) in [5.74, 6) is 1.78. The summed E-state index contributed by atoms with van der Waals surface area (Å²) < 4.78 is 0. The van der Waals surface area contributed by atoms with Gasteiger partial charge < -0.3 is 10.2 Å².